The zero-order chi connectivity index (χ0) is 18.7. The molecule has 0 radical (unpaired) electrons. The Hall–Kier alpha value is -0.795. The largest absolute Gasteiger partial charge is 0.494 e. The van der Waals surface area contributed by atoms with Crippen molar-refractivity contribution in [1.29, 1.82) is 0 Å². The fraction of sp³-hybridized carbons (Fsp3) is 0.647. The first kappa shape index (κ1) is 10.9. The van der Waals surface area contributed by atoms with Gasteiger partial charge in [-0.3, -0.25) is 0 Å². The summed E-state index contributed by atoms with van der Waals surface area (Å²) in [7, 11) is -0.787. The molecule has 110 valence electrons. The number of benzene rings is 1. The third kappa shape index (κ3) is 3.26. The summed E-state index contributed by atoms with van der Waals surface area (Å²) in [5, 5.41) is 0. The minimum Gasteiger partial charge on any atom is -0.399 e. The molecular weight excluding hydrogens is 247 g/mol. The normalized spacial score (nSPS) is 24.9. The highest BCUT2D eigenvalue weighted by Gasteiger charge is 2.51. The molecule has 1 aromatic rings. The first-order chi connectivity index (χ1) is 10.6. The van der Waals surface area contributed by atoms with Crippen molar-refractivity contribution in [3.63, 3.8) is 0 Å². The lowest BCUT2D eigenvalue weighted by molar-refractivity contribution is 0.00578. The van der Waals surface area contributed by atoms with Crippen molar-refractivity contribution in [2.75, 3.05) is 0 Å². The Bertz CT molecular complexity index is 611. The average molecular weight is 278 g/mol. The molecule has 3 heteroatoms. The summed E-state index contributed by atoms with van der Waals surface area (Å²) in [6.45, 7) is 13.1. The van der Waals surface area contributed by atoms with E-state index in [1.54, 1.807) is 0 Å². The lowest BCUT2D eigenvalue weighted by Gasteiger charge is -2.32. The second-order valence-corrected chi connectivity index (χ2v) is 7.41. The number of rotatable bonds is 2. The molecule has 0 spiro atoms. The van der Waals surface area contributed by atoms with E-state index in [1.807, 2.05) is 48.5 Å². The molecule has 2 nitrogen and oxygen atoms in total. The molecule has 20 heavy (non-hydrogen) atoms. The van der Waals surface area contributed by atoms with E-state index in [0.717, 1.165) is 0 Å². The average Bonchev–Trinajstić information content (AvgIpc) is 2.55. The van der Waals surface area contributed by atoms with Crippen LogP contribution in [-0.4, -0.2) is 18.3 Å². The van der Waals surface area contributed by atoms with Gasteiger partial charge < -0.3 is 9.31 Å². The molecule has 0 aliphatic carbocycles. The molecule has 0 amide bonds. The Kier molecular flexibility index (Phi) is 2.65. The van der Waals surface area contributed by atoms with Crippen molar-refractivity contribution in [3.05, 3.63) is 29.8 Å². The van der Waals surface area contributed by atoms with Crippen LogP contribution in [0.2, 0.25) is 0 Å². The Morgan fingerprint density at radius 2 is 1.55 bits per heavy atom. The molecule has 0 N–H and O–H groups in total. The van der Waals surface area contributed by atoms with Crippen LogP contribution in [0.25, 0.3) is 0 Å². The summed E-state index contributed by atoms with van der Waals surface area (Å²) in [5.74, 6) is 0. The van der Waals surface area contributed by atoms with Crippen molar-refractivity contribution in [2.45, 2.75) is 66.0 Å². The smallest absolute Gasteiger partial charge is 0.399 e. The maximum Gasteiger partial charge on any atom is 0.494 e. The quantitative estimate of drug-likeness (QED) is 0.770. The second kappa shape index (κ2) is 4.89. The summed E-state index contributed by atoms with van der Waals surface area (Å²) >= 11 is 0. The molecule has 1 fully saturated rings. The van der Waals surface area contributed by atoms with Crippen LogP contribution >= 0.6 is 0 Å². The molecule has 0 aromatic heterocycles. The lowest BCUT2D eigenvalue weighted by atomic mass is 9.78. The van der Waals surface area contributed by atoms with E-state index in [4.69, 9.17) is 14.8 Å². The van der Waals surface area contributed by atoms with E-state index < -0.39 is 30.1 Å². The summed E-state index contributed by atoms with van der Waals surface area (Å²) in [6, 6.07) is 3.13. The molecule has 1 aromatic carbocycles. The maximum atomic E-state index is 8.36. The molecule has 1 aliphatic rings. The second-order valence-electron chi connectivity index (χ2n) is 7.41. The van der Waals surface area contributed by atoms with Crippen molar-refractivity contribution in [3.8, 4) is 0 Å². The SMILES string of the molecule is [2H]c1cc(C([2H])([2H])C(C)(C)C)cc([2H])c1B1OC(C)(C)C(C)(C)O1. The van der Waals surface area contributed by atoms with Crippen LogP contribution < -0.4 is 5.46 Å². The highest BCUT2D eigenvalue weighted by Crippen LogP contribution is 2.36. The molecule has 0 unspecified atom stereocenters. The molecule has 0 bridgehead atoms. The molecule has 0 saturated carbocycles. The number of hydrogen-bond acceptors (Lipinski definition) is 2. The fourth-order valence-electron chi connectivity index (χ4n) is 2.00. The number of hydrogen-bond donors (Lipinski definition) is 0. The van der Waals surface area contributed by atoms with Gasteiger partial charge in [-0.05, 0) is 50.5 Å². The predicted octanol–water partition coefficient (Wildman–Crippen LogP) is 3.57. The Morgan fingerprint density at radius 3 is 1.95 bits per heavy atom. The van der Waals surface area contributed by atoms with Gasteiger partial charge in [0.1, 0.15) is 0 Å². The van der Waals surface area contributed by atoms with Gasteiger partial charge in [0.15, 0.2) is 0 Å². The van der Waals surface area contributed by atoms with Crippen molar-refractivity contribution >= 4 is 12.6 Å². The van der Waals surface area contributed by atoms with Gasteiger partial charge in [0.2, 0.25) is 0 Å². The standard InChI is InChI=1S/C17H27BO2/c1-15(2,3)12-13-8-10-14(11-9-13)18-19-16(4,5)17(6,7)20-18/h8-11H,12H2,1-7H3/i10D,11D,12D2. The van der Waals surface area contributed by atoms with Gasteiger partial charge in [-0.25, -0.2) is 0 Å². The molecule has 1 aliphatic heterocycles. The van der Waals surface area contributed by atoms with E-state index in [-0.39, 0.29) is 12.1 Å². The highest BCUT2D eigenvalue weighted by atomic mass is 16.7. The van der Waals surface area contributed by atoms with E-state index >= 15 is 0 Å². The van der Waals surface area contributed by atoms with Crippen molar-refractivity contribution in [1.82, 2.24) is 0 Å². The summed E-state index contributed by atoms with van der Waals surface area (Å²) in [4.78, 5) is 0. The predicted molar refractivity (Wildman–Crippen MR) is 85.3 cm³/mol. The highest BCUT2D eigenvalue weighted by molar-refractivity contribution is 6.62. The van der Waals surface area contributed by atoms with Gasteiger partial charge >= 0.3 is 7.12 Å². The lowest BCUT2D eigenvalue weighted by Crippen LogP contribution is -2.41. The van der Waals surface area contributed by atoms with Crippen LogP contribution in [0.1, 0.15) is 59.5 Å². The molecule has 1 heterocycles. The van der Waals surface area contributed by atoms with Crippen LogP contribution in [0.5, 0.6) is 0 Å². The molecule has 2 rings (SSSR count). The summed E-state index contributed by atoms with van der Waals surface area (Å²) in [5.41, 5.74) is -1.05. The van der Waals surface area contributed by atoms with Gasteiger partial charge in [-0.15, -0.1) is 0 Å². The van der Waals surface area contributed by atoms with Gasteiger partial charge in [-0.1, -0.05) is 45.0 Å². The van der Waals surface area contributed by atoms with Crippen LogP contribution in [0, 0.1) is 5.41 Å². The van der Waals surface area contributed by atoms with Crippen LogP contribution in [-0.2, 0) is 15.7 Å². The molecule has 1 saturated heterocycles. The van der Waals surface area contributed by atoms with Gasteiger partial charge in [-0.2, -0.15) is 0 Å². The first-order valence-corrected chi connectivity index (χ1v) is 7.07. The van der Waals surface area contributed by atoms with Gasteiger partial charge in [0, 0.05) is 2.74 Å². The Morgan fingerprint density at radius 1 is 1.10 bits per heavy atom. The van der Waals surface area contributed by atoms with Crippen LogP contribution in [0.3, 0.4) is 0 Å². The third-order valence-electron chi connectivity index (χ3n) is 3.77. The van der Waals surface area contributed by atoms with Crippen LogP contribution in [0.15, 0.2) is 24.2 Å². The zero-order valence-electron chi connectivity index (χ0n) is 17.5. The monoisotopic (exact) mass is 278 g/mol. The minimum absolute atomic E-state index is 0.0733. The van der Waals surface area contributed by atoms with Gasteiger partial charge in [0.05, 0.1) is 13.9 Å². The van der Waals surface area contributed by atoms with Crippen molar-refractivity contribution in [2.24, 2.45) is 5.41 Å². The minimum atomic E-state index is -1.65. The van der Waals surface area contributed by atoms with E-state index in [2.05, 4.69) is 0 Å². The zero-order valence-corrected chi connectivity index (χ0v) is 13.5. The summed E-state index contributed by atoms with van der Waals surface area (Å²) in [6.07, 6.45) is -1.65. The fourth-order valence-corrected chi connectivity index (χ4v) is 2.00. The third-order valence-corrected chi connectivity index (χ3v) is 3.77. The summed E-state index contributed by atoms with van der Waals surface area (Å²) < 4.78 is 45.2. The maximum absolute atomic E-state index is 8.36. The van der Waals surface area contributed by atoms with E-state index in [0.29, 0.717) is 11.0 Å². The van der Waals surface area contributed by atoms with E-state index in [9.17, 15) is 0 Å². The molecular formula is C17H27BO2. The Balaban J connectivity index is 2.47. The van der Waals surface area contributed by atoms with E-state index in [1.165, 1.54) is 12.1 Å². The van der Waals surface area contributed by atoms with Crippen LogP contribution in [0.4, 0.5) is 0 Å². The first-order valence-electron chi connectivity index (χ1n) is 9.07. The Labute approximate surface area is 129 Å². The van der Waals surface area contributed by atoms with Gasteiger partial charge in [0.25, 0.3) is 0 Å². The molecule has 0 atom stereocenters. The topological polar surface area (TPSA) is 18.5 Å². The van der Waals surface area contributed by atoms with Crippen molar-refractivity contribution < 1.29 is 14.8 Å².